The molecule has 184 valence electrons. The summed E-state index contributed by atoms with van der Waals surface area (Å²) in [5.74, 6) is -1.62. The SMILES string of the molecule is O=C(O)C[C@@H](CC1CCCC1)C(=O)N[C@H]1CC2C=[N+](CCCCCCNC1=O)c1ccccc12. The highest BCUT2D eigenvalue weighted by atomic mass is 16.4. The zero-order chi connectivity index (χ0) is 23.9. The zero-order valence-electron chi connectivity index (χ0n) is 20.0. The van der Waals surface area contributed by atoms with Crippen molar-refractivity contribution in [2.24, 2.45) is 11.8 Å². The van der Waals surface area contributed by atoms with Crippen LogP contribution in [0, 0.1) is 11.8 Å². The Labute approximate surface area is 202 Å². The lowest BCUT2D eigenvalue weighted by atomic mass is 9.89. The number of carbonyl (C=O) groups is 3. The van der Waals surface area contributed by atoms with Crippen molar-refractivity contribution >= 4 is 29.7 Å². The standard InChI is InChI=1S/C27H37N3O4/c31-25(32)17-20(15-19-9-3-4-10-19)26(33)29-23-16-21-18-30(24-12-6-5-11-22(21)24)14-8-2-1-7-13-28-27(23)34/h5-6,11-12,18-21,23H,1-4,7-10,13-17H2,(H2-,28,29,31,32,33,34)/p+1/t20-,21?,23+/m1/s1. The van der Waals surface area contributed by atoms with Gasteiger partial charge in [0.05, 0.1) is 12.3 Å². The molecule has 0 saturated heterocycles. The number of para-hydroxylation sites is 1. The van der Waals surface area contributed by atoms with Gasteiger partial charge in [0, 0.05) is 30.5 Å². The van der Waals surface area contributed by atoms with E-state index >= 15 is 0 Å². The molecule has 4 rings (SSSR count). The third kappa shape index (κ3) is 6.24. The fourth-order valence-electron chi connectivity index (χ4n) is 5.84. The molecule has 1 aromatic rings. The molecule has 2 bridgehead atoms. The summed E-state index contributed by atoms with van der Waals surface area (Å²) >= 11 is 0. The maximum Gasteiger partial charge on any atom is 0.304 e. The number of carboxylic acids is 1. The first-order valence-electron chi connectivity index (χ1n) is 13.0. The Balaban J connectivity index is 1.53. The second kappa shape index (κ2) is 11.6. The first-order valence-corrected chi connectivity index (χ1v) is 13.0. The molecule has 1 aromatic carbocycles. The highest BCUT2D eigenvalue weighted by Gasteiger charge is 2.36. The molecular formula is C27H38N3O4+. The number of carboxylic acid groups (broad SMARTS) is 1. The van der Waals surface area contributed by atoms with Crippen LogP contribution in [0.15, 0.2) is 24.3 Å². The molecule has 0 aromatic heterocycles. The third-order valence-corrected chi connectivity index (χ3v) is 7.64. The van der Waals surface area contributed by atoms with Gasteiger partial charge in [-0.05, 0) is 31.6 Å². The Kier molecular flexibility index (Phi) is 8.35. The van der Waals surface area contributed by atoms with Crippen LogP contribution in [0.25, 0.3) is 0 Å². The molecule has 7 heteroatoms. The van der Waals surface area contributed by atoms with Crippen LogP contribution in [-0.2, 0) is 14.4 Å². The zero-order valence-corrected chi connectivity index (χ0v) is 20.0. The van der Waals surface area contributed by atoms with E-state index in [1.807, 2.05) is 12.1 Å². The van der Waals surface area contributed by atoms with E-state index in [-0.39, 0.29) is 24.2 Å². The first kappa shape index (κ1) is 24.4. The maximum atomic E-state index is 13.3. The lowest BCUT2D eigenvalue weighted by molar-refractivity contribution is -0.433. The predicted molar refractivity (Wildman–Crippen MR) is 130 cm³/mol. The third-order valence-electron chi connectivity index (χ3n) is 7.64. The van der Waals surface area contributed by atoms with Crippen LogP contribution < -0.4 is 10.6 Å². The predicted octanol–water partition coefficient (Wildman–Crippen LogP) is 3.73. The number of nitrogens with one attached hydrogen (secondary N) is 2. The maximum absolute atomic E-state index is 13.3. The van der Waals surface area contributed by atoms with Crippen LogP contribution in [0.4, 0.5) is 5.69 Å². The van der Waals surface area contributed by atoms with Gasteiger partial charge < -0.3 is 15.7 Å². The van der Waals surface area contributed by atoms with Crippen molar-refractivity contribution in [3.63, 3.8) is 0 Å². The van der Waals surface area contributed by atoms with Crippen LogP contribution in [0.3, 0.4) is 0 Å². The lowest BCUT2D eigenvalue weighted by Crippen LogP contribution is -2.49. The van der Waals surface area contributed by atoms with E-state index < -0.39 is 17.9 Å². The van der Waals surface area contributed by atoms with Gasteiger partial charge in [-0.1, -0.05) is 50.3 Å². The molecule has 2 heterocycles. The normalized spacial score (nSPS) is 24.6. The van der Waals surface area contributed by atoms with E-state index in [0.29, 0.717) is 25.3 Å². The fourth-order valence-corrected chi connectivity index (χ4v) is 5.84. The Morgan fingerprint density at radius 2 is 1.85 bits per heavy atom. The summed E-state index contributed by atoms with van der Waals surface area (Å²) in [4.78, 5) is 37.9. The summed E-state index contributed by atoms with van der Waals surface area (Å²) in [6.45, 7) is 1.55. The molecule has 0 radical (unpaired) electrons. The van der Waals surface area contributed by atoms with Crippen molar-refractivity contribution in [2.75, 3.05) is 13.1 Å². The van der Waals surface area contributed by atoms with Gasteiger partial charge in [-0.15, -0.1) is 0 Å². The molecule has 1 fully saturated rings. The first-order chi connectivity index (χ1) is 16.5. The molecular weight excluding hydrogens is 430 g/mol. The number of aliphatic carboxylic acids is 1. The van der Waals surface area contributed by atoms with Gasteiger partial charge in [0.2, 0.25) is 17.5 Å². The van der Waals surface area contributed by atoms with Crippen molar-refractivity contribution in [1.82, 2.24) is 10.6 Å². The highest BCUT2D eigenvalue weighted by molar-refractivity contribution is 5.90. The summed E-state index contributed by atoms with van der Waals surface area (Å²) in [5, 5.41) is 15.4. The largest absolute Gasteiger partial charge is 0.481 e. The van der Waals surface area contributed by atoms with Crippen LogP contribution in [-0.4, -0.2) is 52.8 Å². The van der Waals surface area contributed by atoms with E-state index in [1.54, 1.807) is 0 Å². The number of carbonyl (C=O) groups excluding carboxylic acids is 2. The van der Waals surface area contributed by atoms with Crippen molar-refractivity contribution in [3.8, 4) is 0 Å². The number of hydrogen-bond donors (Lipinski definition) is 3. The van der Waals surface area contributed by atoms with E-state index in [1.165, 1.54) is 11.3 Å². The molecule has 7 nitrogen and oxygen atoms in total. The van der Waals surface area contributed by atoms with Crippen LogP contribution >= 0.6 is 0 Å². The van der Waals surface area contributed by atoms with E-state index in [2.05, 4.69) is 33.6 Å². The molecule has 3 N–H and O–H groups in total. The van der Waals surface area contributed by atoms with Gasteiger partial charge in [0.25, 0.3) is 0 Å². The lowest BCUT2D eigenvalue weighted by Gasteiger charge is -2.24. The molecule has 1 saturated carbocycles. The second-order valence-corrected chi connectivity index (χ2v) is 10.2. The molecule has 2 aliphatic heterocycles. The Morgan fingerprint density at radius 3 is 2.65 bits per heavy atom. The second-order valence-electron chi connectivity index (χ2n) is 10.2. The van der Waals surface area contributed by atoms with E-state index in [0.717, 1.165) is 57.9 Å². The van der Waals surface area contributed by atoms with Crippen molar-refractivity contribution in [1.29, 1.82) is 0 Å². The minimum atomic E-state index is -0.966. The topological polar surface area (TPSA) is 98.5 Å². The number of amides is 2. The minimum absolute atomic E-state index is 0.0285. The Bertz CT molecular complexity index is 922. The summed E-state index contributed by atoms with van der Waals surface area (Å²) in [5.41, 5.74) is 2.36. The number of fused-ring (bicyclic) bond motifs is 4. The monoisotopic (exact) mass is 468 g/mol. The van der Waals surface area contributed by atoms with Gasteiger partial charge in [-0.2, -0.15) is 0 Å². The van der Waals surface area contributed by atoms with E-state index in [9.17, 15) is 19.5 Å². The molecule has 1 aliphatic carbocycles. The highest BCUT2D eigenvalue weighted by Crippen LogP contribution is 2.35. The van der Waals surface area contributed by atoms with Gasteiger partial charge in [-0.25, -0.2) is 4.58 Å². The van der Waals surface area contributed by atoms with Crippen LogP contribution in [0.2, 0.25) is 0 Å². The average Bonchev–Trinajstić information content (AvgIpc) is 3.45. The smallest absolute Gasteiger partial charge is 0.304 e. The summed E-state index contributed by atoms with van der Waals surface area (Å²) in [6, 6.07) is 7.59. The molecule has 3 aliphatic rings. The molecule has 0 spiro atoms. The molecule has 2 amide bonds. The van der Waals surface area contributed by atoms with Crippen molar-refractivity contribution < 1.29 is 24.1 Å². The van der Waals surface area contributed by atoms with Crippen molar-refractivity contribution in [3.05, 3.63) is 29.8 Å². The van der Waals surface area contributed by atoms with Gasteiger partial charge in [0.1, 0.15) is 12.6 Å². The summed E-state index contributed by atoms with van der Waals surface area (Å²) in [6.07, 6.45) is 11.6. The fraction of sp³-hybridized carbons (Fsp3) is 0.630. The molecule has 1 unspecified atom stereocenters. The number of benzene rings is 1. The van der Waals surface area contributed by atoms with Crippen LogP contribution in [0.1, 0.15) is 82.1 Å². The van der Waals surface area contributed by atoms with Crippen LogP contribution in [0.5, 0.6) is 0 Å². The van der Waals surface area contributed by atoms with Gasteiger partial charge in [0.15, 0.2) is 6.21 Å². The average molecular weight is 469 g/mol. The Hall–Kier alpha value is -2.70. The van der Waals surface area contributed by atoms with Gasteiger partial charge >= 0.3 is 5.97 Å². The van der Waals surface area contributed by atoms with E-state index in [4.69, 9.17) is 0 Å². The number of hydrogen-bond acceptors (Lipinski definition) is 3. The summed E-state index contributed by atoms with van der Waals surface area (Å²) < 4.78 is 2.29. The van der Waals surface area contributed by atoms with Gasteiger partial charge in [-0.3, -0.25) is 14.4 Å². The number of rotatable bonds is 6. The number of nitrogens with zero attached hydrogens (tertiary/aromatic N) is 1. The summed E-state index contributed by atoms with van der Waals surface area (Å²) in [7, 11) is 0. The molecule has 34 heavy (non-hydrogen) atoms. The van der Waals surface area contributed by atoms with Crippen molar-refractivity contribution in [2.45, 2.75) is 82.6 Å². The quantitative estimate of drug-likeness (QED) is 0.554. The molecule has 3 atom stereocenters. The minimum Gasteiger partial charge on any atom is -0.481 e. The Morgan fingerprint density at radius 1 is 1.09 bits per heavy atom.